The highest BCUT2D eigenvalue weighted by Gasteiger charge is 1.83. The Balaban J connectivity index is 4.14. The van der Waals surface area contributed by atoms with Crippen molar-refractivity contribution in [1.29, 1.82) is 0 Å². The van der Waals surface area contributed by atoms with Gasteiger partial charge in [-0.3, -0.25) is 4.99 Å². The van der Waals surface area contributed by atoms with Gasteiger partial charge in [0.1, 0.15) is 0 Å². The highest BCUT2D eigenvalue weighted by atomic mass is 14.6. The van der Waals surface area contributed by atoms with Crippen LogP contribution in [0.25, 0.3) is 0 Å². The Morgan fingerprint density at radius 3 is 2.45 bits per heavy atom. The molecule has 1 heteroatoms. The van der Waals surface area contributed by atoms with Crippen molar-refractivity contribution in [2.45, 2.75) is 27.2 Å². The van der Waals surface area contributed by atoms with Crippen LogP contribution in [0, 0.1) is 0 Å². The topological polar surface area (TPSA) is 12.4 Å². The number of aliphatic imine (C=N–C) groups is 1. The monoisotopic (exact) mass is 151 g/mol. The molecule has 0 bridgehead atoms. The quantitative estimate of drug-likeness (QED) is 0.434. The molecule has 0 saturated carbocycles. The zero-order valence-electron chi connectivity index (χ0n) is 7.89. The lowest BCUT2D eigenvalue weighted by Crippen LogP contribution is -1.75. The van der Waals surface area contributed by atoms with Gasteiger partial charge in [0, 0.05) is 13.3 Å². The molecule has 0 radical (unpaired) electrons. The lowest BCUT2D eigenvalue weighted by atomic mass is 10.1. The molecule has 0 amide bonds. The molecular formula is C10H17N. The normalized spacial score (nSPS) is 14.5. The van der Waals surface area contributed by atoms with E-state index in [-0.39, 0.29) is 0 Å². The lowest BCUT2D eigenvalue weighted by molar-refractivity contribution is 1.09. The number of nitrogens with zero attached hydrogens (tertiary/aromatic N) is 1. The van der Waals surface area contributed by atoms with Crippen molar-refractivity contribution in [3.05, 3.63) is 23.3 Å². The first kappa shape index (κ1) is 10.2. The summed E-state index contributed by atoms with van der Waals surface area (Å²) in [6.07, 6.45) is 7.13. The fourth-order valence-corrected chi connectivity index (χ4v) is 0.731. The fraction of sp³-hybridized carbons (Fsp3) is 0.500. The summed E-state index contributed by atoms with van der Waals surface area (Å²) in [7, 11) is 1.78. The first-order valence-electron chi connectivity index (χ1n) is 3.97. The van der Waals surface area contributed by atoms with E-state index in [0.717, 1.165) is 6.42 Å². The molecule has 1 nitrogen and oxygen atoms in total. The Kier molecular flexibility index (Phi) is 5.44. The predicted molar refractivity (Wildman–Crippen MR) is 52.2 cm³/mol. The van der Waals surface area contributed by atoms with Crippen molar-refractivity contribution in [3.8, 4) is 0 Å². The number of hydrogen-bond acceptors (Lipinski definition) is 1. The SMILES string of the molecule is CC/C(C)=C/C(C)=C\C=NC. The maximum absolute atomic E-state index is 3.88. The predicted octanol–water partition coefficient (Wildman–Crippen LogP) is 2.99. The van der Waals surface area contributed by atoms with Crippen molar-refractivity contribution < 1.29 is 0 Å². The van der Waals surface area contributed by atoms with Crippen LogP contribution in [-0.2, 0) is 0 Å². The van der Waals surface area contributed by atoms with Crippen LogP contribution in [0.4, 0.5) is 0 Å². The molecule has 0 saturated heterocycles. The van der Waals surface area contributed by atoms with Gasteiger partial charge >= 0.3 is 0 Å². The van der Waals surface area contributed by atoms with Crippen LogP contribution in [0.15, 0.2) is 28.3 Å². The Hall–Kier alpha value is -0.850. The minimum atomic E-state index is 1.12. The van der Waals surface area contributed by atoms with Crippen molar-refractivity contribution in [2.75, 3.05) is 7.05 Å². The molecule has 0 aromatic rings. The van der Waals surface area contributed by atoms with E-state index in [1.165, 1.54) is 11.1 Å². The van der Waals surface area contributed by atoms with Gasteiger partial charge in [0.2, 0.25) is 0 Å². The highest BCUT2D eigenvalue weighted by Crippen LogP contribution is 2.03. The van der Waals surface area contributed by atoms with Gasteiger partial charge in [-0.25, -0.2) is 0 Å². The average Bonchev–Trinajstić information content (AvgIpc) is 2.00. The Morgan fingerprint density at radius 1 is 1.36 bits per heavy atom. The Bertz CT molecular complexity index is 185. The van der Waals surface area contributed by atoms with E-state index in [1.54, 1.807) is 7.05 Å². The first-order valence-corrected chi connectivity index (χ1v) is 3.97. The van der Waals surface area contributed by atoms with Crippen LogP contribution in [-0.4, -0.2) is 13.3 Å². The Labute approximate surface area is 69.5 Å². The molecule has 0 aliphatic heterocycles. The third-order valence-corrected chi connectivity index (χ3v) is 1.52. The van der Waals surface area contributed by atoms with Crippen molar-refractivity contribution in [1.82, 2.24) is 0 Å². The molecule has 0 aliphatic carbocycles. The van der Waals surface area contributed by atoms with E-state index >= 15 is 0 Å². The molecule has 0 aromatic carbocycles. The van der Waals surface area contributed by atoms with E-state index < -0.39 is 0 Å². The summed E-state index contributed by atoms with van der Waals surface area (Å²) >= 11 is 0. The smallest absolute Gasteiger partial charge is 0.0277 e. The fourth-order valence-electron chi connectivity index (χ4n) is 0.731. The summed E-state index contributed by atoms with van der Waals surface area (Å²) in [6.45, 7) is 6.38. The maximum atomic E-state index is 3.88. The minimum absolute atomic E-state index is 1.12. The molecule has 0 unspecified atom stereocenters. The summed E-state index contributed by atoms with van der Waals surface area (Å²) < 4.78 is 0. The average molecular weight is 151 g/mol. The van der Waals surface area contributed by atoms with Gasteiger partial charge in [0.05, 0.1) is 0 Å². The van der Waals surface area contributed by atoms with Gasteiger partial charge in [-0.05, 0) is 31.9 Å². The van der Waals surface area contributed by atoms with Crippen LogP contribution in [0.1, 0.15) is 27.2 Å². The van der Waals surface area contributed by atoms with Crippen molar-refractivity contribution in [3.63, 3.8) is 0 Å². The van der Waals surface area contributed by atoms with Crippen LogP contribution in [0.2, 0.25) is 0 Å². The van der Waals surface area contributed by atoms with E-state index in [1.807, 2.05) is 12.3 Å². The van der Waals surface area contributed by atoms with Crippen LogP contribution in [0.5, 0.6) is 0 Å². The summed E-state index contributed by atoms with van der Waals surface area (Å²) in [4.78, 5) is 3.88. The molecule has 0 aromatic heterocycles. The molecular weight excluding hydrogens is 134 g/mol. The van der Waals surface area contributed by atoms with Crippen molar-refractivity contribution in [2.24, 2.45) is 4.99 Å². The summed E-state index contributed by atoms with van der Waals surface area (Å²) in [6, 6.07) is 0. The molecule has 11 heavy (non-hydrogen) atoms. The maximum Gasteiger partial charge on any atom is 0.0277 e. The molecule has 0 heterocycles. The van der Waals surface area contributed by atoms with Gasteiger partial charge in [0.25, 0.3) is 0 Å². The third-order valence-electron chi connectivity index (χ3n) is 1.52. The standard InChI is InChI=1S/C10H17N/c1-5-9(2)8-10(3)6-7-11-4/h6-8H,5H2,1-4H3/b9-8+,10-6-,11-7?. The van der Waals surface area contributed by atoms with Crippen LogP contribution >= 0.6 is 0 Å². The zero-order valence-corrected chi connectivity index (χ0v) is 7.89. The molecule has 0 N–H and O–H groups in total. The third kappa shape index (κ3) is 5.59. The van der Waals surface area contributed by atoms with Crippen LogP contribution < -0.4 is 0 Å². The van der Waals surface area contributed by atoms with Crippen molar-refractivity contribution >= 4 is 6.21 Å². The van der Waals surface area contributed by atoms with Gasteiger partial charge < -0.3 is 0 Å². The van der Waals surface area contributed by atoms with Gasteiger partial charge in [-0.15, -0.1) is 0 Å². The van der Waals surface area contributed by atoms with Crippen LogP contribution in [0.3, 0.4) is 0 Å². The highest BCUT2D eigenvalue weighted by molar-refractivity contribution is 5.72. The summed E-state index contributed by atoms with van der Waals surface area (Å²) in [5.41, 5.74) is 2.67. The molecule has 0 spiro atoms. The van der Waals surface area contributed by atoms with E-state index in [2.05, 4.69) is 31.8 Å². The van der Waals surface area contributed by atoms with E-state index in [0.29, 0.717) is 0 Å². The van der Waals surface area contributed by atoms with E-state index in [9.17, 15) is 0 Å². The second-order valence-corrected chi connectivity index (χ2v) is 2.66. The molecule has 0 rings (SSSR count). The summed E-state index contributed by atoms with van der Waals surface area (Å²) in [5.74, 6) is 0. The lowest BCUT2D eigenvalue weighted by Gasteiger charge is -1.94. The zero-order chi connectivity index (χ0) is 8.69. The first-order chi connectivity index (χ1) is 5.20. The van der Waals surface area contributed by atoms with Gasteiger partial charge in [-0.2, -0.15) is 0 Å². The second kappa shape index (κ2) is 5.90. The Morgan fingerprint density at radius 2 is 2.00 bits per heavy atom. The number of hydrogen-bond donors (Lipinski definition) is 0. The van der Waals surface area contributed by atoms with Gasteiger partial charge in [-0.1, -0.05) is 18.6 Å². The molecule has 0 aliphatic rings. The van der Waals surface area contributed by atoms with Gasteiger partial charge in [0.15, 0.2) is 0 Å². The molecule has 0 atom stereocenters. The minimum Gasteiger partial charge on any atom is -0.297 e. The molecule has 62 valence electrons. The number of rotatable bonds is 3. The largest absolute Gasteiger partial charge is 0.297 e. The summed E-state index contributed by atoms with van der Waals surface area (Å²) in [5, 5.41) is 0. The molecule has 0 fully saturated rings. The van der Waals surface area contributed by atoms with E-state index in [4.69, 9.17) is 0 Å². The number of allylic oxidation sites excluding steroid dienone is 4. The second-order valence-electron chi connectivity index (χ2n) is 2.66.